The molecule has 11 heavy (non-hydrogen) atoms. The monoisotopic (exact) mass is 231 g/mol. The quantitative estimate of drug-likeness (QED) is 0.306. The molecule has 0 spiro atoms. The van der Waals surface area contributed by atoms with Crippen LogP contribution in [0.4, 0.5) is 0 Å². The molecule has 0 atom stereocenters. The molecule has 0 radical (unpaired) electrons. The Hall–Kier alpha value is 1.86. The zero-order chi connectivity index (χ0) is 9.00. The van der Waals surface area contributed by atoms with Gasteiger partial charge in [0.1, 0.15) is 0 Å². The molecule has 0 aromatic heterocycles. The van der Waals surface area contributed by atoms with Crippen molar-refractivity contribution in [3.63, 3.8) is 0 Å². The van der Waals surface area contributed by atoms with E-state index in [0.717, 1.165) is 0 Å². The fraction of sp³-hybridized carbons (Fsp3) is 0. The average Bonchev–Trinajstić information content (AvgIpc) is 1.12. The van der Waals surface area contributed by atoms with Crippen molar-refractivity contribution in [2.45, 2.75) is 0 Å². The molecule has 0 saturated heterocycles. The smallest absolute Gasteiger partial charge is 0.822 e. The van der Waals surface area contributed by atoms with Crippen molar-refractivity contribution >= 4 is 15.6 Å². The fourth-order valence-electron chi connectivity index (χ4n) is 0. The summed E-state index contributed by atoms with van der Waals surface area (Å²) in [5.41, 5.74) is 0. The van der Waals surface area contributed by atoms with Crippen LogP contribution in [0, 0.1) is 0 Å². The van der Waals surface area contributed by atoms with E-state index in [9.17, 15) is 0 Å². The molecule has 0 aliphatic rings. The van der Waals surface area contributed by atoms with E-state index in [1.54, 1.807) is 0 Å². The first kappa shape index (κ1) is 18.6. The third kappa shape index (κ3) is 334. The van der Waals surface area contributed by atoms with Crippen LogP contribution in [-0.2, 0) is 9.13 Å². The first-order chi connectivity index (χ1) is 4.00. The van der Waals surface area contributed by atoms with Gasteiger partial charge < -0.3 is 33.9 Å². The molecule has 0 aromatic carbocycles. The van der Waals surface area contributed by atoms with Gasteiger partial charge in [-0.15, -0.1) is 0 Å². The number of rotatable bonds is 0. The zero-order valence-corrected chi connectivity index (χ0v) is 10.2. The van der Waals surface area contributed by atoms with E-state index in [4.69, 9.17) is 38.5 Å². The minimum Gasteiger partial charge on any atom is -0.822 e. The van der Waals surface area contributed by atoms with Crippen LogP contribution in [0.2, 0.25) is 0 Å². The second-order valence-electron chi connectivity index (χ2n) is 0.938. The molecule has 0 aliphatic heterocycles. The largest absolute Gasteiger partial charge is 1.00 e. The fourth-order valence-corrected chi connectivity index (χ4v) is 0. The Kier molecular flexibility index (Phi) is 12.3. The van der Waals surface area contributed by atoms with Gasteiger partial charge in [-0.05, 0) is 0 Å². The molecule has 0 fully saturated rings. The molecule has 0 unspecified atom stereocenters. The van der Waals surface area contributed by atoms with E-state index in [1.807, 2.05) is 0 Å². The minimum absolute atomic E-state index is 0. The molecule has 8 nitrogen and oxygen atoms in total. The molecule has 0 bridgehead atoms. The molecule has 11 heteroatoms. The van der Waals surface area contributed by atoms with Crippen molar-refractivity contribution in [1.82, 2.24) is 0 Å². The summed E-state index contributed by atoms with van der Waals surface area (Å²) >= 11 is 0. The van der Waals surface area contributed by atoms with Crippen molar-refractivity contribution in [1.29, 1.82) is 0 Å². The Balaban J connectivity index is -0.000000107. The van der Waals surface area contributed by atoms with Gasteiger partial charge in [0.15, 0.2) is 0 Å². The third-order valence-corrected chi connectivity index (χ3v) is 0. The normalized spacial score (nSPS) is 10.7. The number of hydrogen-bond acceptors (Lipinski definition) is 6. The minimum atomic E-state index is -5.39. The Labute approximate surface area is 104 Å². The van der Waals surface area contributed by atoms with Gasteiger partial charge in [-0.1, -0.05) is 0 Å². The van der Waals surface area contributed by atoms with E-state index in [2.05, 4.69) is 0 Å². The molecule has 64 valence electrons. The Bertz CT molecular complexity index is 124. The predicted molar refractivity (Wildman–Crippen MR) is 19.7 cm³/mol. The second kappa shape index (κ2) is 7.28. The second-order valence-corrected chi connectivity index (χ2v) is 2.81. The van der Waals surface area contributed by atoms with Gasteiger partial charge in [0.25, 0.3) is 7.82 Å². The molecular weight excluding hydrogens is 229 g/mol. The van der Waals surface area contributed by atoms with E-state index >= 15 is 0 Å². The molecule has 0 aromatic rings. The van der Waals surface area contributed by atoms with Crippen LogP contribution in [0.1, 0.15) is 0 Å². The third-order valence-electron chi connectivity index (χ3n) is 0. The van der Waals surface area contributed by atoms with Crippen LogP contribution in [0.25, 0.3) is 0 Å². The number of hydrogen-bond donors (Lipinski definition) is 2. The maximum atomic E-state index is 8.77. The van der Waals surface area contributed by atoms with Crippen molar-refractivity contribution in [3.8, 4) is 0 Å². The standard InChI is InChI=1S/K.2H3O4P/c;2*1-5(2,3)4/h;2*(H3,1,2,3,4)/q+1;;/p-4. The Morgan fingerprint density at radius 2 is 0.909 bits per heavy atom. The average molecular weight is 231 g/mol. The first-order valence-corrected chi connectivity index (χ1v) is 4.49. The van der Waals surface area contributed by atoms with Crippen LogP contribution in [0.5, 0.6) is 0 Å². The van der Waals surface area contributed by atoms with Crippen LogP contribution in [0.15, 0.2) is 0 Å². The summed E-state index contributed by atoms with van der Waals surface area (Å²) in [6, 6.07) is 0. The maximum Gasteiger partial charge on any atom is 1.00 e. The van der Waals surface area contributed by atoms with Gasteiger partial charge >= 0.3 is 51.4 Å². The van der Waals surface area contributed by atoms with Crippen LogP contribution >= 0.6 is 15.6 Å². The van der Waals surface area contributed by atoms with Crippen LogP contribution in [-0.4, -0.2) is 9.79 Å². The molecule has 0 heterocycles. The summed E-state index contributed by atoms with van der Waals surface area (Å²) in [7, 11) is -10.3. The van der Waals surface area contributed by atoms with Gasteiger partial charge in [0, 0.05) is 0 Å². The summed E-state index contributed by atoms with van der Waals surface area (Å²) in [4.78, 5) is 48.6. The van der Waals surface area contributed by atoms with Gasteiger partial charge in [-0.3, -0.25) is 4.57 Å². The molecular formula is H2KO8P2-3. The van der Waals surface area contributed by atoms with E-state index in [1.165, 1.54) is 0 Å². The van der Waals surface area contributed by atoms with E-state index < -0.39 is 15.6 Å². The van der Waals surface area contributed by atoms with Crippen molar-refractivity contribution in [3.05, 3.63) is 0 Å². The molecule has 0 aliphatic carbocycles. The van der Waals surface area contributed by atoms with Crippen LogP contribution < -0.4 is 71.0 Å². The first-order valence-electron chi connectivity index (χ1n) is 1.50. The molecule has 0 amide bonds. The summed E-state index contributed by atoms with van der Waals surface area (Å²) in [6.45, 7) is 0. The summed E-state index contributed by atoms with van der Waals surface area (Å²) in [5, 5.41) is 0. The summed E-state index contributed by atoms with van der Waals surface area (Å²) in [5.74, 6) is 0. The van der Waals surface area contributed by atoms with Crippen molar-refractivity contribution in [2.24, 2.45) is 0 Å². The van der Waals surface area contributed by atoms with Crippen molar-refractivity contribution in [2.75, 3.05) is 0 Å². The van der Waals surface area contributed by atoms with Crippen LogP contribution in [0.3, 0.4) is 0 Å². The summed E-state index contributed by atoms with van der Waals surface area (Å²) in [6.07, 6.45) is 0. The van der Waals surface area contributed by atoms with Gasteiger partial charge in [0.2, 0.25) is 0 Å². The van der Waals surface area contributed by atoms with Gasteiger partial charge in [0.05, 0.1) is 0 Å². The van der Waals surface area contributed by atoms with Crippen molar-refractivity contribution < 1.29 is 89.9 Å². The maximum absolute atomic E-state index is 8.77. The molecule has 0 rings (SSSR count). The van der Waals surface area contributed by atoms with E-state index in [-0.39, 0.29) is 51.4 Å². The topological polar surface area (TPSA) is 167 Å². The van der Waals surface area contributed by atoms with E-state index in [0.29, 0.717) is 0 Å². The Morgan fingerprint density at radius 1 is 0.909 bits per heavy atom. The Morgan fingerprint density at radius 3 is 0.909 bits per heavy atom. The number of phosphoric acid groups is 2. The summed E-state index contributed by atoms with van der Waals surface area (Å²) < 4.78 is 17.3. The van der Waals surface area contributed by atoms with Gasteiger partial charge in [-0.25, -0.2) is 0 Å². The molecule has 0 saturated carbocycles. The molecule has 2 N–H and O–H groups in total. The van der Waals surface area contributed by atoms with Gasteiger partial charge in [-0.2, -0.15) is 7.82 Å². The zero-order valence-electron chi connectivity index (χ0n) is 5.24. The SMILES string of the molecule is O=P([O-])(O)O.O=P([O-])([O-])[O-].[K+]. The predicted octanol–water partition coefficient (Wildman–Crippen LogP) is -7.38.